The van der Waals surface area contributed by atoms with Gasteiger partial charge in [-0.1, -0.05) is 0 Å². The number of rotatable bonds is 5. The van der Waals surface area contributed by atoms with Crippen molar-refractivity contribution in [3.63, 3.8) is 0 Å². The lowest BCUT2D eigenvalue weighted by molar-refractivity contribution is -0.367. The maximum atomic E-state index is 11.9. The standard InChI is InChI=1S/C14H24O12/c1-4(17)14(3-16)11(22)7(19)9(21)13(26-14)25-10-5(2-15)24-12(23)8(20)6(10)18/h5-13,15-16,18-23H,2-3H2,1H3/t5-,6-,7-,8-,9-,10-,11-,12-,13+,14+/m1/s1. The first kappa shape index (κ1) is 21.5. The van der Waals surface area contributed by atoms with E-state index in [9.17, 15) is 45.6 Å². The fourth-order valence-electron chi connectivity index (χ4n) is 3.00. The Labute approximate surface area is 147 Å². The molecule has 2 fully saturated rings. The maximum Gasteiger partial charge on any atom is 0.188 e. The van der Waals surface area contributed by atoms with E-state index in [2.05, 4.69) is 0 Å². The third kappa shape index (κ3) is 3.50. The highest BCUT2D eigenvalue weighted by atomic mass is 16.7. The van der Waals surface area contributed by atoms with Crippen molar-refractivity contribution in [2.45, 2.75) is 67.8 Å². The molecular weight excluding hydrogens is 360 g/mol. The summed E-state index contributed by atoms with van der Waals surface area (Å²) in [5.41, 5.74) is -2.30. The van der Waals surface area contributed by atoms with Crippen LogP contribution in [0.4, 0.5) is 0 Å². The van der Waals surface area contributed by atoms with E-state index >= 15 is 0 Å². The average Bonchev–Trinajstić information content (AvgIpc) is 2.61. The minimum absolute atomic E-state index is 0.753. The van der Waals surface area contributed by atoms with Crippen molar-refractivity contribution in [1.82, 2.24) is 0 Å². The van der Waals surface area contributed by atoms with Gasteiger partial charge in [0.05, 0.1) is 13.2 Å². The van der Waals surface area contributed by atoms with Crippen LogP contribution in [-0.2, 0) is 19.0 Å². The van der Waals surface area contributed by atoms with Gasteiger partial charge in [0, 0.05) is 0 Å². The molecule has 12 heteroatoms. The summed E-state index contributed by atoms with van der Waals surface area (Å²) >= 11 is 0. The van der Waals surface area contributed by atoms with E-state index in [0.29, 0.717) is 0 Å². The molecule has 0 spiro atoms. The summed E-state index contributed by atoms with van der Waals surface area (Å²) in [4.78, 5) is 11.9. The quantitative estimate of drug-likeness (QED) is 0.223. The zero-order chi connectivity index (χ0) is 19.8. The normalized spacial score (nSPS) is 49.8. The Kier molecular flexibility index (Phi) is 6.69. The number of ketones is 1. The van der Waals surface area contributed by atoms with Crippen molar-refractivity contribution < 1.29 is 59.9 Å². The second-order valence-corrected chi connectivity index (χ2v) is 6.35. The third-order valence-electron chi connectivity index (χ3n) is 4.72. The fourth-order valence-corrected chi connectivity index (χ4v) is 3.00. The Bertz CT molecular complexity index is 500. The van der Waals surface area contributed by atoms with Gasteiger partial charge in [-0.15, -0.1) is 0 Å². The van der Waals surface area contributed by atoms with E-state index in [1.807, 2.05) is 0 Å². The highest BCUT2D eigenvalue weighted by Gasteiger charge is 2.58. The van der Waals surface area contributed by atoms with Gasteiger partial charge in [-0.2, -0.15) is 0 Å². The molecule has 0 aromatic carbocycles. The largest absolute Gasteiger partial charge is 0.394 e. The predicted octanol–water partition coefficient (Wildman–Crippen LogP) is -5.44. The summed E-state index contributed by atoms with van der Waals surface area (Å²) in [5, 5.41) is 78.1. The molecule has 8 N–H and O–H groups in total. The average molecular weight is 384 g/mol. The first-order valence-electron chi connectivity index (χ1n) is 7.90. The van der Waals surface area contributed by atoms with Gasteiger partial charge in [0.15, 0.2) is 24.0 Å². The van der Waals surface area contributed by atoms with Crippen molar-refractivity contribution >= 4 is 5.78 Å². The minimum atomic E-state index is -2.30. The van der Waals surface area contributed by atoms with Gasteiger partial charge in [-0.25, -0.2) is 0 Å². The van der Waals surface area contributed by atoms with Gasteiger partial charge in [0.2, 0.25) is 0 Å². The molecule has 0 bridgehead atoms. The fraction of sp³-hybridized carbons (Fsp3) is 0.929. The smallest absolute Gasteiger partial charge is 0.188 e. The summed E-state index contributed by atoms with van der Waals surface area (Å²) in [7, 11) is 0. The lowest BCUT2D eigenvalue weighted by atomic mass is 9.84. The summed E-state index contributed by atoms with van der Waals surface area (Å²) in [6.45, 7) is -0.810. The Morgan fingerprint density at radius 1 is 1.00 bits per heavy atom. The molecular formula is C14H24O12. The molecule has 2 aliphatic heterocycles. The topological polar surface area (TPSA) is 207 Å². The number of Topliss-reactive ketones (excluding diaryl/α,β-unsaturated/α-hetero) is 1. The van der Waals surface area contributed by atoms with E-state index < -0.39 is 79.9 Å². The van der Waals surface area contributed by atoms with Gasteiger partial charge in [-0.05, 0) is 6.92 Å². The van der Waals surface area contributed by atoms with Crippen LogP contribution in [0.15, 0.2) is 0 Å². The number of aliphatic hydroxyl groups is 8. The lowest BCUT2D eigenvalue weighted by Crippen LogP contribution is -2.70. The number of carbonyl (C=O) groups is 1. The highest BCUT2D eigenvalue weighted by Crippen LogP contribution is 2.34. The number of hydrogen-bond acceptors (Lipinski definition) is 12. The van der Waals surface area contributed by atoms with Crippen LogP contribution in [0, 0.1) is 0 Å². The minimum Gasteiger partial charge on any atom is -0.394 e. The summed E-state index contributed by atoms with van der Waals surface area (Å²) in [5.74, 6) is -0.860. The molecule has 10 atom stereocenters. The second-order valence-electron chi connectivity index (χ2n) is 6.35. The summed E-state index contributed by atoms with van der Waals surface area (Å²) in [6, 6.07) is 0. The molecule has 0 unspecified atom stereocenters. The zero-order valence-corrected chi connectivity index (χ0v) is 13.8. The van der Waals surface area contributed by atoms with Crippen LogP contribution >= 0.6 is 0 Å². The van der Waals surface area contributed by atoms with Crippen LogP contribution < -0.4 is 0 Å². The van der Waals surface area contributed by atoms with Crippen LogP contribution in [0.25, 0.3) is 0 Å². The van der Waals surface area contributed by atoms with E-state index in [-0.39, 0.29) is 0 Å². The van der Waals surface area contributed by atoms with E-state index in [4.69, 9.17) is 14.2 Å². The summed E-state index contributed by atoms with van der Waals surface area (Å²) in [6.07, 6.45) is -15.9. The lowest BCUT2D eigenvalue weighted by Gasteiger charge is -2.48. The third-order valence-corrected chi connectivity index (χ3v) is 4.72. The van der Waals surface area contributed by atoms with Gasteiger partial charge in [0.25, 0.3) is 0 Å². The van der Waals surface area contributed by atoms with Crippen LogP contribution in [0.5, 0.6) is 0 Å². The van der Waals surface area contributed by atoms with Crippen molar-refractivity contribution in [2.24, 2.45) is 0 Å². The molecule has 2 rings (SSSR count). The van der Waals surface area contributed by atoms with Crippen LogP contribution in [0.2, 0.25) is 0 Å². The van der Waals surface area contributed by atoms with Crippen LogP contribution in [-0.4, -0.2) is 121 Å². The SMILES string of the molecule is CC(=O)[C@]1(CO)O[C@H](O[C@H]2[C@H](O)[C@@H](O)[C@H](O)O[C@@H]2CO)[C@H](O)[C@@H](O)[C@H]1O. The molecule has 0 aliphatic carbocycles. The van der Waals surface area contributed by atoms with Crippen molar-refractivity contribution in [1.29, 1.82) is 0 Å². The molecule has 0 aromatic rings. The molecule has 0 radical (unpaired) electrons. The molecule has 12 nitrogen and oxygen atoms in total. The first-order valence-corrected chi connectivity index (χ1v) is 7.90. The number of ether oxygens (including phenoxy) is 3. The molecule has 26 heavy (non-hydrogen) atoms. The van der Waals surface area contributed by atoms with Crippen molar-refractivity contribution in [3.05, 3.63) is 0 Å². The van der Waals surface area contributed by atoms with Gasteiger partial charge >= 0.3 is 0 Å². The van der Waals surface area contributed by atoms with Gasteiger partial charge in [-0.3, -0.25) is 4.79 Å². The summed E-state index contributed by atoms with van der Waals surface area (Å²) < 4.78 is 15.4. The van der Waals surface area contributed by atoms with Crippen LogP contribution in [0.3, 0.4) is 0 Å². The Morgan fingerprint density at radius 2 is 1.62 bits per heavy atom. The van der Waals surface area contributed by atoms with Crippen molar-refractivity contribution in [3.8, 4) is 0 Å². The molecule has 2 aliphatic rings. The van der Waals surface area contributed by atoms with E-state index in [1.165, 1.54) is 0 Å². The molecule has 2 heterocycles. The Hall–Kier alpha value is -0.770. The highest BCUT2D eigenvalue weighted by molar-refractivity contribution is 5.86. The number of aliphatic hydroxyl groups excluding tert-OH is 8. The Morgan fingerprint density at radius 3 is 2.12 bits per heavy atom. The van der Waals surface area contributed by atoms with E-state index in [1.54, 1.807) is 0 Å². The maximum absolute atomic E-state index is 11.9. The zero-order valence-electron chi connectivity index (χ0n) is 13.8. The Balaban J connectivity index is 2.27. The predicted molar refractivity (Wildman–Crippen MR) is 78.2 cm³/mol. The molecule has 0 amide bonds. The molecule has 2 saturated heterocycles. The monoisotopic (exact) mass is 384 g/mol. The first-order chi connectivity index (χ1) is 12.1. The van der Waals surface area contributed by atoms with E-state index in [0.717, 1.165) is 6.92 Å². The van der Waals surface area contributed by atoms with Crippen molar-refractivity contribution in [2.75, 3.05) is 13.2 Å². The molecule has 0 saturated carbocycles. The van der Waals surface area contributed by atoms with Crippen LogP contribution in [0.1, 0.15) is 6.92 Å². The molecule has 0 aromatic heterocycles. The second kappa shape index (κ2) is 8.08. The molecule has 152 valence electrons. The van der Waals surface area contributed by atoms with Gasteiger partial charge < -0.3 is 55.1 Å². The van der Waals surface area contributed by atoms with Gasteiger partial charge in [0.1, 0.15) is 42.7 Å². The number of carbonyl (C=O) groups excluding carboxylic acids is 1. The number of hydrogen-bond donors (Lipinski definition) is 8.